The first-order valence-corrected chi connectivity index (χ1v) is 9.67. The summed E-state index contributed by atoms with van der Waals surface area (Å²) in [4.78, 5) is 7.25. The predicted octanol–water partition coefficient (Wildman–Crippen LogP) is 2.05. The molecule has 140 valence electrons. The van der Waals surface area contributed by atoms with E-state index in [-0.39, 0.29) is 12.5 Å². The van der Waals surface area contributed by atoms with Crippen molar-refractivity contribution in [3.05, 3.63) is 35.9 Å². The number of aliphatic hydroxyl groups excluding tert-OH is 1. The Labute approximate surface area is 152 Å². The second kappa shape index (κ2) is 11.1. The number of hydrogen-bond acceptors (Lipinski definition) is 3. The molecule has 0 radical (unpaired) electrons. The lowest BCUT2D eigenvalue weighted by Gasteiger charge is -2.18. The van der Waals surface area contributed by atoms with Crippen molar-refractivity contribution in [1.82, 2.24) is 15.5 Å². The highest BCUT2D eigenvalue weighted by molar-refractivity contribution is 5.79. The van der Waals surface area contributed by atoms with Gasteiger partial charge in [-0.25, -0.2) is 0 Å². The summed E-state index contributed by atoms with van der Waals surface area (Å²) in [5.41, 5.74) is 1.13. The van der Waals surface area contributed by atoms with Gasteiger partial charge in [-0.3, -0.25) is 4.99 Å². The Hall–Kier alpha value is -1.59. The Bertz CT molecular complexity index is 506. The number of aliphatic hydroxyl groups is 1. The fourth-order valence-electron chi connectivity index (χ4n) is 3.38. The largest absolute Gasteiger partial charge is 0.396 e. The van der Waals surface area contributed by atoms with Crippen molar-refractivity contribution < 1.29 is 5.11 Å². The van der Waals surface area contributed by atoms with E-state index in [1.807, 2.05) is 18.2 Å². The molecular formula is C20H34N4O. The summed E-state index contributed by atoms with van der Waals surface area (Å²) in [6.45, 7) is 10.4. The number of rotatable bonds is 9. The first-order valence-electron chi connectivity index (χ1n) is 9.67. The van der Waals surface area contributed by atoms with Crippen LogP contribution in [0.15, 0.2) is 35.3 Å². The van der Waals surface area contributed by atoms with Crippen LogP contribution in [-0.4, -0.2) is 61.8 Å². The van der Waals surface area contributed by atoms with E-state index in [1.54, 1.807) is 0 Å². The summed E-state index contributed by atoms with van der Waals surface area (Å²) in [6.07, 6.45) is 2.49. The highest BCUT2D eigenvalue weighted by Crippen LogP contribution is 2.16. The van der Waals surface area contributed by atoms with Gasteiger partial charge in [-0.1, -0.05) is 37.3 Å². The van der Waals surface area contributed by atoms with Crippen LogP contribution < -0.4 is 10.6 Å². The van der Waals surface area contributed by atoms with Gasteiger partial charge in [-0.05, 0) is 44.3 Å². The minimum Gasteiger partial charge on any atom is -0.396 e. The lowest BCUT2D eigenvalue weighted by molar-refractivity contribution is 0.268. The summed E-state index contributed by atoms with van der Waals surface area (Å²) in [5.74, 6) is 1.59. The number of nitrogens with one attached hydrogen (secondary N) is 2. The van der Waals surface area contributed by atoms with Crippen molar-refractivity contribution in [1.29, 1.82) is 0 Å². The topological polar surface area (TPSA) is 59.9 Å². The summed E-state index contributed by atoms with van der Waals surface area (Å²) in [6, 6.07) is 10.1. The van der Waals surface area contributed by atoms with Crippen LogP contribution >= 0.6 is 0 Å². The maximum atomic E-state index is 9.69. The van der Waals surface area contributed by atoms with Crippen LogP contribution in [0.5, 0.6) is 0 Å². The summed E-state index contributed by atoms with van der Waals surface area (Å²) in [5, 5.41) is 16.5. The molecule has 2 rings (SSSR count). The number of nitrogens with zero attached hydrogens (tertiary/aromatic N) is 2. The molecule has 0 aromatic heterocycles. The van der Waals surface area contributed by atoms with Gasteiger partial charge in [0.1, 0.15) is 0 Å². The first kappa shape index (κ1) is 19.7. The molecule has 1 aromatic carbocycles. The van der Waals surface area contributed by atoms with Crippen molar-refractivity contribution >= 4 is 5.96 Å². The SMILES string of the molecule is CCCN1CCC(CNC(=NCC(CO)c2ccccc2)NCC)C1. The van der Waals surface area contributed by atoms with E-state index in [2.05, 4.69) is 41.5 Å². The molecule has 1 fully saturated rings. The van der Waals surface area contributed by atoms with Crippen molar-refractivity contribution in [2.75, 3.05) is 45.9 Å². The molecule has 5 heteroatoms. The Balaban J connectivity index is 1.85. The lowest BCUT2D eigenvalue weighted by atomic mass is 10.0. The molecule has 0 amide bonds. The van der Waals surface area contributed by atoms with E-state index >= 15 is 0 Å². The standard InChI is InChI=1S/C20H34N4O/c1-3-11-24-12-10-17(15-24)13-22-20(21-4-2)23-14-19(16-25)18-8-6-5-7-9-18/h5-9,17,19,25H,3-4,10-16H2,1-2H3,(H2,21,22,23). The molecular weight excluding hydrogens is 312 g/mol. The van der Waals surface area contributed by atoms with Gasteiger partial charge in [-0.2, -0.15) is 0 Å². The monoisotopic (exact) mass is 346 g/mol. The van der Waals surface area contributed by atoms with E-state index < -0.39 is 0 Å². The van der Waals surface area contributed by atoms with E-state index in [0.717, 1.165) is 24.6 Å². The van der Waals surface area contributed by atoms with Crippen LogP contribution in [0.2, 0.25) is 0 Å². The Morgan fingerprint density at radius 3 is 2.76 bits per heavy atom. The van der Waals surface area contributed by atoms with Gasteiger partial charge in [0.15, 0.2) is 5.96 Å². The summed E-state index contributed by atoms with van der Waals surface area (Å²) >= 11 is 0. The Morgan fingerprint density at radius 1 is 1.28 bits per heavy atom. The van der Waals surface area contributed by atoms with Gasteiger partial charge in [0.05, 0.1) is 13.2 Å². The molecule has 0 aliphatic carbocycles. The van der Waals surface area contributed by atoms with E-state index in [9.17, 15) is 5.11 Å². The minimum absolute atomic E-state index is 0.0446. The fourth-order valence-corrected chi connectivity index (χ4v) is 3.38. The molecule has 1 saturated heterocycles. The van der Waals surface area contributed by atoms with Crippen LogP contribution in [0.1, 0.15) is 38.2 Å². The van der Waals surface area contributed by atoms with Gasteiger partial charge < -0.3 is 20.6 Å². The number of aliphatic imine (C=N–C) groups is 1. The maximum absolute atomic E-state index is 9.69. The molecule has 5 nitrogen and oxygen atoms in total. The van der Waals surface area contributed by atoms with Gasteiger partial charge in [-0.15, -0.1) is 0 Å². The van der Waals surface area contributed by atoms with Crippen LogP contribution in [0.25, 0.3) is 0 Å². The normalized spacial score (nSPS) is 19.8. The Kier molecular flexibility index (Phi) is 8.77. The van der Waals surface area contributed by atoms with Crippen LogP contribution in [0.4, 0.5) is 0 Å². The van der Waals surface area contributed by atoms with Crippen LogP contribution in [0.3, 0.4) is 0 Å². The zero-order valence-corrected chi connectivity index (χ0v) is 15.7. The molecule has 2 unspecified atom stereocenters. The molecule has 2 atom stereocenters. The number of benzene rings is 1. The van der Waals surface area contributed by atoms with Gasteiger partial charge in [0.2, 0.25) is 0 Å². The van der Waals surface area contributed by atoms with Gasteiger partial charge >= 0.3 is 0 Å². The van der Waals surface area contributed by atoms with E-state index in [4.69, 9.17) is 4.99 Å². The third-order valence-corrected chi connectivity index (χ3v) is 4.77. The van der Waals surface area contributed by atoms with E-state index in [1.165, 1.54) is 32.5 Å². The minimum atomic E-state index is 0.0446. The third-order valence-electron chi connectivity index (χ3n) is 4.77. The number of hydrogen-bond donors (Lipinski definition) is 3. The quantitative estimate of drug-likeness (QED) is 0.473. The van der Waals surface area contributed by atoms with Crippen molar-refractivity contribution in [3.8, 4) is 0 Å². The van der Waals surface area contributed by atoms with Crippen molar-refractivity contribution in [3.63, 3.8) is 0 Å². The summed E-state index contributed by atoms with van der Waals surface area (Å²) < 4.78 is 0. The van der Waals surface area contributed by atoms with Crippen molar-refractivity contribution in [2.45, 2.75) is 32.6 Å². The fraction of sp³-hybridized carbons (Fsp3) is 0.650. The molecule has 0 bridgehead atoms. The molecule has 1 heterocycles. The van der Waals surface area contributed by atoms with Crippen LogP contribution in [-0.2, 0) is 0 Å². The second-order valence-electron chi connectivity index (χ2n) is 6.85. The second-order valence-corrected chi connectivity index (χ2v) is 6.85. The molecule has 3 N–H and O–H groups in total. The van der Waals surface area contributed by atoms with Gasteiger partial charge in [0.25, 0.3) is 0 Å². The molecule has 1 aromatic rings. The average molecular weight is 347 g/mol. The number of likely N-dealkylation sites (tertiary alicyclic amines) is 1. The predicted molar refractivity (Wildman–Crippen MR) is 105 cm³/mol. The lowest BCUT2D eigenvalue weighted by Crippen LogP contribution is -2.40. The number of guanidine groups is 1. The molecule has 0 saturated carbocycles. The highest BCUT2D eigenvalue weighted by Gasteiger charge is 2.21. The van der Waals surface area contributed by atoms with Gasteiger partial charge in [0, 0.05) is 25.6 Å². The zero-order valence-electron chi connectivity index (χ0n) is 15.7. The molecule has 25 heavy (non-hydrogen) atoms. The Morgan fingerprint density at radius 2 is 2.08 bits per heavy atom. The zero-order chi connectivity index (χ0) is 17.9. The molecule has 1 aliphatic heterocycles. The first-order chi connectivity index (χ1) is 12.3. The van der Waals surface area contributed by atoms with Crippen LogP contribution in [0, 0.1) is 5.92 Å². The maximum Gasteiger partial charge on any atom is 0.191 e. The van der Waals surface area contributed by atoms with Crippen molar-refractivity contribution in [2.24, 2.45) is 10.9 Å². The third kappa shape index (κ3) is 6.67. The molecule has 1 aliphatic rings. The summed E-state index contributed by atoms with van der Waals surface area (Å²) in [7, 11) is 0. The smallest absolute Gasteiger partial charge is 0.191 e. The highest BCUT2D eigenvalue weighted by atomic mass is 16.3. The average Bonchev–Trinajstić information content (AvgIpc) is 3.09. The van der Waals surface area contributed by atoms with E-state index in [0.29, 0.717) is 12.5 Å². The molecule has 0 spiro atoms.